The number of hydrogen-bond acceptors (Lipinski definition) is 5. The van der Waals surface area contributed by atoms with E-state index in [1.54, 1.807) is 6.92 Å². The fraction of sp³-hybridized carbons (Fsp3) is 0.636. The number of hydrogen-bond donors (Lipinski definition) is 3. The smallest absolute Gasteiger partial charge is 0.330 e. The van der Waals surface area contributed by atoms with E-state index in [-0.39, 0.29) is 13.0 Å². The Morgan fingerprint density at radius 3 is 2.83 bits per heavy atom. The van der Waals surface area contributed by atoms with Gasteiger partial charge in [-0.3, -0.25) is 4.79 Å². The van der Waals surface area contributed by atoms with Crippen LogP contribution in [0.2, 0.25) is 0 Å². The lowest BCUT2D eigenvalue weighted by Gasteiger charge is -2.14. The van der Waals surface area contributed by atoms with Crippen LogP contribution in [-0.4, -0.2) is 38.6 Å². The van der Waals surface area contributed by atoms with Crippen molar-refractivity contribution in [2.75, 3.05) is 6.61 Å². The molecule has 3 atom stereocenters. The van der Waals surface area contributed by atoms with Gasteiger partial charge in [-0.15, -0.1) is 0 Å². The molecule has 0 radical (unpaired) electrons. The second-order valence-electron chi connectivity index (χ2n) is 4.26. The molecule has 100 valence electrons. The Bertz CT molecular complexity index is 535. The largest absolute Gasteiger partial charge is 0.394 e. The number of ether oxygens (including phenoxy) is 1. The molecule has 1 aliphatic heterocycles. The Morgan fingerprint density at radius 1 is 1.56 bits per heavy atom. The first-order chi connectivity index (χ1) is 8.58. The second kappa shape index (κ2) is 5.05. The van der Waals surface area contributed by atoms with Gasteiger partial charge in [0, 0.05) is 18.2 Å². The van der Waals surface area contributed by atoms with Crippen LogP contribution in [0.5, 0.6) is 0 Å². The fourth-order valence-electron chi connectivity index (χ4n) is 2.08. The van der Waals surface area contributed by atoms with Crippen LogP contribution in [-0.2, 0) is 11.2 Å². The second-order valence-corrected chi connectivity index (χ2v) is 4.26. The number of aliphatic hydroxyl groups is 2. The minimum atomic E-state index is -0.878. The number of aryl methyl sites for hydroxylation is 1. The number of nitrogens with zero attached hydrogens (tertiary/aromatic N) is 1. The van der Waals surface area contributed by atoms with Gasteiger partial charge in [-0.25, -0.2) is 9.36 Å². The van der Waals surface area contributed by atoms with Crippen molar-refractivity contribution in [1.82, 2.24) is 9.55 Å². The molecule has 7 heteroatoms. The number of rotatable bonds is 3. The highest BCUT2D eigenvalue weighted by Crippen LogP contribution is 2.26. The molecule has 18 heavy (non-hydrogen) atoms. The number of aromatic nitrogens is 2. The molecule has 1 saturated heterocycles. The normalized spacial score (nSPS) is 27.6. The summed E-state index contributed by atoms with van der Waals surface area (Å²) < 4.78 is 6.27. The summed E-state index contributed by atoms with van der Waals surface area (Å²) in [6.45, 7) is 1.46. The van der Waals surface area contributed by atoms with Crippen molar-refractivity contribution < 1.29 is 14.9 Å². The molecule has 0 aromatic carbocycles. The van der Waals surface area contributed by atoms with Gasteiger partial charge >= 0.3 is 5.69 Å². The summed E-state index contributed by atoms with van der Waals surface area (Å²) in [5.41, 5.74) is -0.523. The van der Waals surface area contributed by atoms with E-state index in [4.69, 9.17) is 9.84 Å². The van der Waals surface area contributed by atoms with Crippen LogP contribution in [0.4, 0.5) is 0 Å². The van der Waals surface area contributed by atoms with E-state index in [1.165, 1.54) is 6.20 Å². The molecule has 0 saturated carbocycles. The average molecular weight is 256 g/mol. The monoisotopic (exact) mass is 256 g/mol. The summed E-state index contributed by atoms with van der Waals surface area (Å²) in [5, 5.41) is 18.6. The van der Waals surface area contributed by atoms with Crippen LogP contribution in [0.1, 0.15) is 25.1 Å². The van der Waals surface area contributed by atoms with Crippen LogP contribution in [0.3, 0.4) is 0 Å². The van der Waals surface area contributed by atoms with Crippen molar-refractivity contribution >= 4 is 0 Å². The molecule has 2 heterocycles. The summed E-state index contributed by atoms with van der Waals surface area (Å²) in [5.74, 6) is 0. The molecule has 2 rings (SSSR count). The molecule has 1 aromatic rings. The summed E-state index contributed by atoms with van der Waals surface area (Å²) in [6.07, 6.45) is -0.478. The van der Waals surface area contributed by atoms with E-state index in [0.29, 0.717) is 12.0 Å². The van der Waals surface area contributed by atoms with E-state index in [2.05, 4.69) is 4.98 Å². The Kier molecular flexibility index (Phi) is 3.65. The molecule has 1 aliphatic rings. The van der Waals surface area contributed by atoms with Gasteiger partial charge in [0.1, 0.15) is 12.3 Å². The fourth-order valence-corrected chi connectivity index (χ4v) is 2.08. The van der Waals surface area contributed by atoms with Crippen molar-refractivity contribution in [1.29, 1.82) is 0 Å². The summed E-state index contributed by atoms with van der Waals surface area (Å²) in [6, 6.07) is 0. The Hall–Kier alpha value is -1.44. The molecule has 7 nitrogen and oxygen atoms in total. The lowest BCUT2D eigenvalue weighted by molar-refractivity contribution is -0.0470. The zero-order valence-corrected chi connectivity index (χ0v) is 10.00. The zero-order chi connectivity index (χ0) is 13.3. The lowest BCUT2D eigenvalue weighted by Crippen LogP contribution is -2.39. The summed E-state index contributed by atoms with van der Waals surface area (Å²) in [4.78, 5) is 26.2. The molecule has 1 fully saturated rings. The topological polar surface area (TPSA) is 105 Å². The van der Waals surface area contributed by atoms with Crippen LogP contribution in [0.25, 0.3) is 0 Å². The van der Waals surface area contributed by atoms with Crippen LogP contribution in [0, 0.1) is 0 Å². The maximum atomic E-state index is 12.0. The van der Waals surface area contributed by atoms with Gasteiger partial charge in [0.15, 0.2) is 0 Å². The average Bonchev–Trinajstić information content (AvgIpc) is 2.70. The Morgan fingerprint density at radius 2 is 2.28 bits per heavy atom. The summed E-state index contributed by atoms with van der Waals surface area (Å²) >= 11 is 0. The molecule has 0 amide bonds. The first-order valence-corrected chi connectivity index (χ1v) is 5.86. The highest BCUT2D eigenvalue weighted by Gasteiger charge is 2.35. The molecule has 0 unspecified atom stereocenters. The maximum Gasteiger partial charge on any atom is 0.330 e. The predicted octanol–water partition coefficient (Wildman–Crippen LogP) is -1.26. The van der Waals surface area contributed by atoms with E-state index in [9.17, 15) is 14.7 Å². The van der Waals surface area contributed by atoms with Gasteiger partial charge in [0.05, 0.1) is 12.7 Å². The van der Waals surface area contributed by atoms with Gasteiger partial charge in [-0.1, -0.05) is 6.92 Å². The quantitative estimate of drug-likeness (QED) is 0.626. The molecular weight excluding hydrogens is 240 g/mol. The van der Waals surface area contributed by atoms with Crippen molar-refractivity contribution in [2.45, 2.75) is 38.2 Å². The van der Waals surface area contributed by atoms with Gasteiger partial charge in [-0.05, 0) is 6.42 Å². The first kappa shape index (κ1) is 13.0. The standard InChI is InChI=1S/C11H16N2O5/c1-2-6-4-12-11(17)13(10(6)16)9-3-7(15)8(5-14)18-9/h4,7-9,14-15H,2-3,5H2,1H3,(H,12,17)/t7-,8+,9+/m0/s1. The molecule has 3 N–H and O–H groups in total. The highest BCUT2D eigenvalue weighted by atomic mass is 16.5. The van der Waals surface area contributed by atoms with E-state index in [1.807, 2.05) is 0 Å². The van der Waals surface area contributed by atoms with Crippen molar-refractivity contribution in [3.63, 3.8) is 0 Å². The van der Waals surface area contributed by atoms with Crippen LogP contribution < -0.4 is 11.2 Å². The molecule has 0 aliphatic carbocycles. The minimum absolute atomic E-state index is 0.112. The number of aromatic amines is 1. The number of aliphatic hydroxyl groups excluding tert-OH is 2. The van der Waals surface area contributed by atoms with E-state index in [0.717, 1.165) is 4.57 Å². The van der Waals surface area contributed by atoms with Crippen LogP contribution >= 0.6 is 0 Å². The third-order valence-corrected chi connectivity index (χ3v) is 3.14. The molecule has 0 bridgehead atoms. The van der Waals surface area contributed by atoms with Crippen LogP contribution in [0.15, 0.2) is 15.8 Å². The van der Waals surface area contributed by atoms with Gasteiger partial charge in [-0.2, -0.15) is 0 Å². The Balaban J connectivity index is 2.41. The lowest BCUT2D eigenvalue weighted by atomic mass is 10.2. The first-order valence-electron chi connectivity index (χ1n) is 5.86. The van der Waals surface area contributed by atoms with E-state index < -0.39 is 29.7 Å². The molecule has 1 aromatic heterocycles. The number of nitrogens with one attached hydrogen (secondary N) is 1. The Labute approximate surface area is 103 Å². The van der Waals surface area contributed by atoms with E-state index >= 15 is 0 Å². The predicted molar refractivity (Wildman–Crippen MR) is 62.3 cm³/mol. The van der Waals surface area contributed by atoms with Gasteiger partial charge in [0.2, 0.25) is 0 Å². The molecular formula is C11H16N2O5. The maximum absolute atomic E-state index is 12.0. The van der Waals surface area contributed by atoms with Gasteiger partial charge in [0.25, 0.3) is 5.56 Å². The summed E-state index contributed by atoms with van der Waals surface area (Å²) in [7, 11) is 0. The molecule has 0 spiro atoms. The SMILES string of the molecule is CCc1c[nH]c(=O)n([C@H]2C[C@H](O)[C@@H](CO)O2)c1=O. The third kappa shape index (κ3) is 2.12. The highest BCUT2D eigenvalue weighted by molar-refractivity contribution is 5.05. The zero-order valence-electron chi connectivity index (χ0n) is 10.00. The number of H-pyrrole nitrogens is 1. The van der Waals surface area contributed by atoms with Gasteiger partial charge < -0.3 is 19.9 Å². The van der Waals surface area contributed by atoms with Crippen molar-refractivity contribution in [2.24, 2.45) is 0 Å². The van der Waals surface area contributed by atoms with Crippen molar-refractivity contribution in [3.8, 4) is 0 Å². The third-order valence-electron chi connectivity index (χ3n) is 3.14. The minimum Gasteiger partial charge on any atom is -0.394 e. The van der Waals surface area contributed by atoms with Crippen molar-refractivity contribution in [3.05, 3.63) is 32.6 Å².